The van der Waals surface area contributed by atoms with Crippen LogP contribution in [0.15, 0.2) is 18.5 Å². The van der Waals surface area contributed by atoms with E-state index in [9.17, 15) is 8.78 Å². The summed E-state index contributed by atoms with van der Waals surface area (Å²) in [6, 6.07) is 0.997. The van der Waals surface area contributed by atoms with Crippen molar-refractivity contribution in [2.45, 2.75) is 0 Å². The van der Waals surface area contributed by atoms with Crippen molar-refractivity contribution in [2.75, 3.05) is 7.05 Å². The molecule has 1 heterocycles. The van der Waals surface area contributed by atoms with Crippen LogP contribution in [0.1, 0.15) is 5.56 Å². The Morgan fingerprint density at radius 1 is 1.57 bits per heavy atom. The number of halogens is 2. The predicted octanol–water partition coefficient (Wildman–Crippen LogP) is 1.57. The zero-order valence-corrected chi connectivity index (χ0v) is 7.51. The molecule has 0 spiro atoms. The molecule has 0 aromatic carbocycles. The summed E-state index contributed by atoms with van der Waals surface area (Å²) in [5, 5.41) is 9.74. The molecule has 0 saturated heterocycles. The van der Waals surface area contributed by atoms with E-state index in [1.165, 1.54) is 12.4 Å². The first kappa shape index (κ1) is 10.3. The van der Waals surface area contributed by atoms with E-state index in [0.717, 1.165) is 12.3 Å². The Hall–Kier alpha value is -1.78. The van der Waals surface area contributed by atoms with Crippen molar-refractivity contribution in [3.8, 4) is 0 Å². The van der Waals surface area contributed by atoms with Gasteiger partial charge in [-0.15, -0.1) is 0 Å². The second-order valence-corrected chi connectivity index (χ2v) is 2.53. The van der Waals surface area contributed by atoms with E-state index in [1.807, 2.05) is 0 Å². The van der Waals surface area contributed by atoms with Crippen molar-refractivity contribution in [2.24, 2.45) is 0 Å². The zero-order chi connectivity index (χ0) is 10.6. The van der Waals surface area contributed by atoms with E-state index in [0.29, 0.717) is 11.1 Å². The standard InChI is InChI=1S/C9H9F2N3/c1-13-4-7(3-12)6-2-8(10)9(11)14-5-6/h2-5,12-13H,1H3/b7-4+,12-3?. The second kappa shape index (κ2) is 4.45. The van der Waals surface area contributed by atoms with Crippen LogP contribution in [-0.2, 0) is 0 Å². The van der Waals surface area contributed by atoms with Crippen molar-refractivity contribution in [3.63, 3.8) is 0 Å². The first-order chi connectivity index (χ1) is 6.69. The van der Waals surface area contributed by atoms with Gasteiger partial charge in [0.15, 0.2) is 5.82 Å². The third kappa shape index (κ3) is 2.12. The summed E-state index contributed by atoms with van der Waals surface area (Å²) in [5.41, 5.74) is 0.784. The van der Waals surface area contributed by atoms with Crippen LogP contribution in [0.2, 0.25) is 0 Å². The Kier molecular flexibility index (Phi) is 3.28. The Bertz CT molecular complexity index is 374. The van der Waals surface area contributed by atoms with Crippen molar-refractivity contribution in [1.82, 2.24) is 10.3 Å². The van der Waals surface area contributed by atoms with Crippen LogP contribution in [0.5, 0.6) is 0 Å². The third-order valence-corrected chi connectivity index (χ3v) is 1.58. The van der Waals surface area contributed by atoms with Crippen LogP contribution in [-0.4, -0.2) is 18.2 Å². The molecule has 0 bridgehead atoms. The Morgan fingerprint density at radius 2 is 2.29 bits per heavy atom. The van der Waals surface area contributed by atoms with E-state index in [4.69, 9.17) is 5.41 Å². The Balaban J connectivity index is 3.12. The average Bonchev–Trinajstić information content (AvgIpc) is 2.19. The number of nitrogens with zero attached hydrogens (tertiary/aromatic N) is 1. The molecule has 0 radical (unpaired) electrons. The third-order valence-electron chi connectivity index (χ3n) is 1.58. The van der Waals surface area contributed by atoms with Gasteiger partial charge < -0.3 is 10.7 Å². The Morgan fingerprint density at radius 3 is 2.79 bits per heavy atom. The molecule has 0 atom stereocenters. The monoisotopic (exact) mass is 197 g/mol. The molecule has 14 heavy (non-hydrogen) atoms. The molecule has 74 valence electrons. The van der Waals surface area contributed by atoms with Gasteiger partial charge in [0.25, 0.3) is 0 Å². The fourth-order valence-electron chi connectivity index (χ4n) is 0.943. The molecule has 0 amide bonds. The largest absolute Gasteiger partial charge is 0.393 e. The number of aromatic nitrogens is 1. The van der Waals surface area contributed by atoms with Gasteiger partial charge in [-0.25, -0.2) is 9.37 Å². The lowest BCUT2D eigenvalue weighted by atomic mass is 10.1. The van der Waals surface area contributed by atoms with Crippen molar-refractivity contribution in [3.05, 3.63) is 35.8 Å². The molecular weight excluding hydrogens is 188 g/mol. The van der Waals surface area contributed by atoms with Crippen LogP contribution in [0, 0.1) is 17.2 Å². The molecule has 5 heteroatoms. The molecule has 0 unspecified atom stereocenters. The maximum absolute atomic E-state index is 12.8. The summed E-state index contributed by atoms with van der Waals surface area (Å²) in [4.78, 5) is 3.22. The number of hydrogen-bond donors (Lipinski definition) is 2. The lowest BCUT2D eigenvalue weighted by Crippen LogP contribution is -1.99. The Labute approximate surface area is 80.0 Å². The molecule has 0 saturated carbocycles. The lowest BCUT2D eigenvalue weighted by Gasteiger charge is -2.01. The van der Waals surface area contributed by atoms with Crippen LogP contribution in [0.4, 0.5) is 8.78 Å². The van der Waals surface area contributed by atoms with Gasteiger partial charge in [-0.1, -0.05) is 0 Å². The summed E-state index contributed by atoms with van der Waals surface area (Å²) in [5.74, 6) is -2.16. The predicted molar refractivity (Wildman–Crippen MR) is 50.0 cm³/mol. The highest BCUT2D eigenvalue weighted by molar-refractivity contribution is 6.07. The zero-order valence-electron chi connectivity index (χ0n) is 7.51. The van der Waals surface area contributed by atoms with Gasteiger partial charge in [-0.05, 0) is 6.07 Å². The first-order valence-corrected chi connectivity index (χ1v) is 3.88. The topological polar surface area (TPSA) is 48.8 Å². The summed E-state index contributed by atoms with van der Waals surface area (Å²) in [7, 11) is 1.65. The lowest BCUT2D eigenvalue weighted by molar-refractivity contribution is 0.479. The molecule has 0 fully saturated rings. The maximum Gasteiger partial charge on any atom is 0.248 e. The number of hydrogen-bond acceptors (Lipinski definition) is 3. The fraction of sp³-hybridized carbons (Fsp3) is 0.111. The van der Waals surface area contributed by atoms with Gasteiger partial charge in [0.1, 0.15) is 0 Å². The minimum atomic E-state index is -1.14. The molecule has 0 aliphatic heterocycles. The molecule has 3 nitrogen and oxygen atoms in total. The fourth-order valence-corrected chi connectivity index (χ4v) is 0.943. The molecular formula is C9H9F2N3. The average molecular weight is 197 g/mol. The minimum Gasteiger partial charge on any atom is -0.393 e. The molecule has 0 aliphatic rings. The first-order valence-electron chi connectivity index (χ1n) is 3.88. The summed E-state index contributed by atoms with van der Waals surface area (Å²) in [6.07, 6.45) is 3.71. The quantitative estimate of drug-likeness (QED) is 0.570. The highest BCUT2D eigenvalue weighted by Crippen LogP contribution is 2.12. The van der Waals surface area contributed by atoms with Crippen LogP contribution < -0.4 is 5.32 Å². The van der Waals surface area contributed by atoms with Gasteiger partial charge in [0.2, 0.25) is 5.95 Å². The van der Waals surface area contributed by atoms with Crippen molar-refractivity contribution < 1.29 is 8.78 Å². The van der Waals surface area contributed by atoms with E-state index in [1.54, 1.807) is 7.05 Å². The highest BCUT2D eigenvalue weighted by Gasteiger charge is 2.05. The van der Waals surface area contributed by atoms with E-state index in [2.05, 4.69) is 10.3 Å². The van der Waals surface area contributed by atoms with E-state index >= 15 is 0 Å². The number of nitrogens with one attached hydrogen (secondary N) is 2. The van der Waals surface area contributed by atoms with E-state index in [-0.39, 0.29) is 0 Å². The van der Waals surface area contributed by atoms with Crippen LogP contribution in [0.3, 0.4) is 0 Å². The van der Waals surface area contributed by atoms with Crippen molar-refractivity contribution >= 4 is 11.8 Å². The smallest absolute Gasteiger partial charge is 0.248 e. The van der Waals surface area contributed by atoms with Gasteiger partial charge in [0.05, 0.1) is 0 Å². The number of allylic oxidation sites excluding steroid dienone is 1. The molecule has 1 rings (SSSR count). The number of rotatable bonds is 3. The number of pyridine rings is 1. The van der Waals surface area contributed by atoms with E-state index < -0.39 is 11.8 Å². The van der Waals surface area contributed by atoms with Crippen molar-refractivity contribution in [1.29, 1.82) is 5.41 Å². The van der Waals surface area contributed by atoms with Crippen LogP contribution >= 0.6 is 0 Å². The molecule has 1 aromatic heterocycles. The second-order valence-electron chi connectivity index (χ2n) is 2.53. The summed E-state index contributed by atoms with van der Waals surface area (Å²) < 4.78 is 25.2. The molecule has 2 N–H and O–H groups in total. The van der Waals surface area contributed by atoms with Gasteiger partial charge in [-0.2, -0.15) is 4.39 Å². The minimum absolute atomic E-state index is 0.355. The highest BCUT2D eigenvalue weighted by atomic mass is 19.2. The molecule has 0 aliphatic carbocycles. The van der Waals surface area contributed by atoms with Gasteiger partial charge >= 0.3 is 0 Å². The normalized spacial score (nSPS) is 11.2. The van der Waals surface area contributed by atoms with Gasteiger partial charge in [0, 0.05) is 36.8 Å². The van der Waals surface area contributed by atoms with Gasteiger partial charge in [-0.3, -0.25) is 0 Å². The SMILES string of the molecule is CN/C=C(\C=N)c1cnc(F)c(F)c1. The summed E-state index contributed by atoms with van der Waals surface area (Å²) in [6.45, 7) is 0. The van der Waals surface area contributed by atoms with Crippen LogP contribution in [0.25, 0.3) is 5.57 Å². The maximum atomic E-state index is 12.8. The summed E-state index contributed by atoms with van der Waals surface area (Å²) >= 11 is 0. The molecule has 1 aromatic rings.